The zero-order valence-corrected chi connectivity index (χ0v) is 16.3. The third kappa shape index (κ3) is 6.42. The molecule has 0 saturated carbocycles. The van der Waals surface area contributed by atoms with Crippen LogP contribution in [0.2, 0.25) is 0 Å². The number of nitrogens with one attached hydrogen (secondary N) is 3. The number of rotatable bonds is 6. The number of carboxylic acids is 2. The van der Waals surface area contributed by atoms with Crippen LogP contribution in [-0.4, -0.2) is 49.8 Å². The number of aliphatic carboxylic acids is 1. The van der Waals surface area contributed by atoms with Gasteiger partial charge in [-0.1, -0.05) is 6.07 Å². The van der Waals surface area contributed by atoms with Crippen molar-refractivity contribution in [3.8, 4) is 0 Å². The van der Waals surface area contributed by atoms with Gasteiger partial charge in [0.05, 0.1) is 16.0 Å². The number of nitrogens with zero attached hydrogens (tertiary/aromatic N) is 1. The summed E-state index contributed by atoms with van der Waals surface area (Å²) in [7, 11) is 0. The van der Waals surface area contributed by atoms with E-state index in [0.717, 1.165) is 26.5 Å². The van der Waals surface area contributed by atoms with Gasteiger partial charge in [0.1, 0.15) is 0 Å². The summed E-state index contributed by atoms with van der Waals surface area (Å²) in [6, 6.07) is 5.75. The second-order valence-corrected chi connectivity index (χ2v) is 7.29. The maximum atomic E-state index is 11.2. The van der Waals surface area contributed by atoms with E-state index >= 15 is 0 Å². The molecule has 2 heterocycles. The molecule has 0 atom stereocenters. The van der Waals surface area contributed by atoms with E-state index < -0.39 is 18.1 Å². The summed E-state index contributed by atoms with van der Waals surface area (Å²) in [4.78, 5) is 41.4. The summed E-state index contributed by atoms with van der Waals surface area (Å²) in [6.07, 6.45) is -4.40. The number of imidazole rings is 1. The van der Waals surface area contributed by atoms with E-state index in [4.69, 9.17) is 15.0 Å². The Hall–Kier alpha value is -3.19. The van der Waals surface area contributed by atoms with Crippen LogP contribution in [-0.2, 0) is 17.8 Å². The van der Waals surface area contributed by atoms with Crippen molar-refractivity contribution < 1.29 is 33.0 Å². The molecule has 3 rings (SSSR count). The number of fused-ring (bicyclic) bond motifs is 1. The number of hydrogen-bond donors (Lipinski definition) is 5. The van der Waals surface area contributed by atoms with E-state index in [1.807, 2.05) is 18.2 Å². The van der Waals surface area contributed by atoms with Crippen LogP contribution >= 0.6 is 11.3 Å². The molecule has 0 amide bonds. The summed E-state index contributed by atoms with van der Waals surface area (Å²) in [5.41, 5.74) is 2.58. The monoisotopic (exact) mass is 446 g/mol. The van der Waals surface area contributed by atoms with Crippen LogP contribution in [0.25, 0.3) is 11.0 Å². The molecule has 30 heavy (non-hydrogen) atoms. The first kappa shape index (κ1) is 23.1. The van der Waals surface area contributed by atoms with Crippen LogP contribution in [0.15, 0.2) is 23.0 Å². The largest absolute Gasteiger partial charge is 0.490 e. The summed E-state index contributed by atoms with van der Waals surface area (Å²) in [5.74, 6) is -3.74. The summed E-state index contributed by atoms with van der Waals surface area (Å²) >= 11 is 1.42. The average molecular weight is 446 g/mol. The van der Waals surface area contributed by atoms with E-state index in [0.29, 0.717) is 19.5 Å². The molecule has 0 bridgehead atoms. The quantitative estimate of drug-likeness (QED) is 0.365. The van der Waals surface area contributed by atoms with Crippen LogP contribution < -0.4 is 11.0 Å². The number of aromatic carboxylic acids is 1. The molecule has 0 aliphatic heterocycles. The lowest BCUT2D eigenvalue weighted by Crippen LogP contribution is -2.21. The Labute approximate surface area is 170 Å². The second-order valence-electron chi connectivity index (χ2n) is 6.01. The molecule has 162 valence electrons. The molecule has 0 radical (unpaired) electrons. The Balaban J connectivity index is 0.000000396. The Morgan fingerprint density at radius 1 is 1.20 bits per heavy atom. The highest BCUT2D eigenvalue weighted by Gasteiger charge is 2.38. The maximum Gasteiger partial charge on any atom is 0.490 e. The molecule has 9 nitrogen and oxygen atoms in total. The van der Waals surface area contributed by atoms with Crippen LogP contribution in [0.4, 0.5) is 13.2 Å². The molecule has 0 aliphatic carbocycles. The van der Waals surface area contributed by atoms with Gasteiger partial charge in [-0.25, -0.2) is 19.4 Å². The van der Waals surface area contributed by atoms with E-state index in [2.05, 4.69) is 20.3 Å². The van der Waals surface area contributed by atoms with Gasteiger partial charge in [-0.3, -0.25) is 0 Å². The normalized spacial score (nSPS) is 11.2. The number of halogens is 3. The van der Waals surface area contributed by atoms with Crippen molar-refractivity contribution in [2.24, 2.45) is 0 Å². The SMILES string of the molecule is Cc1sc(CCNCc2ccc3[nH]c(=O)[nH]c3c2)nc1C(=O)O.O=C(O)C(F)(F)F. The fraction of sp³-hybridized carbons (Fsp3) is 0.294. The smallest absolute Gasteiger partial charge is 0.476 e. The number of aryl methyl sites for hydroxylation is 1. The number of carboxylic acid groups (broad SMARTS) is 2. The number of alkyl halides is 3. The Bertz CT molecular complexity index is 1100. The van der Waals surface area contributed by atoms with Crippen molar-refractivity contribution in [3.05, 3.63) is 49.8 Å². The minimum absolute atomic E-state index is 0.145. The van der Waals surface area contributed by atoms with Crippen LogP contribution in [0.1, 0.15) is 25.9 Å². The van der Waals surface area contributed by atoms with Gasteiger partial charge >= 0.3 is 23.8 Å². The highest BCUT2D eigenvalue weighted by atomic mass is 32.1. The Morgan fingerprint density at radius 2 is 1.83 bits per heavy atom. The predicted octanol–water partition coefficient (Wildman–Crippen LogP) is 2.28. The number of carbonyl (C=O) groups is 2. The molecular formula is C17H17F3N4O5S. The number of aromatic amines is 2. The molecule has 13 heteroatoms. The maximum absolute atomic E-state index is 11.2. The van der Waals surface area contributed by atoms with Gasteiger partial charge in [-0.05, 0) is 24.6 Å². The van der Waals surface area contributed by atoms with Crippen LogP contribution in [0, 0.1) is 6.92 Å². The third-order valence-electron chi connectivity index (χ3n) is 3.71. The van der Waals surface area contributed by atoms with Crippen molar-refractivity contribution >= 4 is 34.3 Å². The standard InChI is InChI=1S/C15H16N4O3S.C2HF3O2/c1-8-13(14(20)21)19-12(23-8)4-5-16-7-9-2-3-10-11(6-9)18-15(22)17-10;3-2(4,5)1(6)7/h2-3,6,16H,4-5,7H2,1H3,(H,20,21)(H2,17,18,22);(H,6,7). The van der Waals surface area contributed by atoms with E-state index in [9.17, 15) is 22.8 Å². The molecule has 0 aliphatic rings. The molecule has 2 aromatic heterocycles. The van der Waals surface area contributed by atoms with Gasteiger partial charge in [0.15, 0.2) is 5.69 Å². The van der Waals surface area contributed by atoms with Gasteiger partial charge in [0, 0.05) is 24.4 Å². The molecule has 3 aromatic rings. The van der Waals surface area contributed by atoms with E-state index in [1.165, 1.54) is 11.3 Å². The van der Waals surface area contributed by atoms with Crippen molar-refractivity contribution in [1.82, 2.24) is 20.3 Å². The molecule has 0 saturated heterocycles. The molecular weight excluding hydrogens is 429 g/mol. The van der Waals surface area contributed by atoms with Gasteiger partial charge in [-0.2, -0.15) is 13.2 Å². The molecule has 0 spiro atoms. The minimum Gasteiger partial charge on any atom is -0.476 e. The van der Waals surface area contributed by atoms with Gasteiger partial charge in [-0.15, -0.1) is 11.3 Å². The number of aromatic nitrogens is 3. The first-order chi connectivity index (χ1) is 14.0. The zero-order chi connectivity index (χ0) is 22.5. The van der Waals surface area contributed by atoms with Gasteiger partial charge < -0.3 is 25.5 Å². The van der Waals surface area contributed by atoms with Crippen molar-refractivity contribution in [2.45, 2.75) is 26.1 Å². The minimum atomic E-state index is -5.08. The molecule has 1 aromatic carbocycles. The predicted molar refractivity (Wildman–Crippen MR) is 102 cm³/mol. The number of H-pyrrole nitrogens is 2. The average Bonchev–Trinajstić information content (AvgIpc) is 3.19. The molecule has 5 N–H and O–H groups in total. The van der Waals surface area contributed by atoms with Crippen molar-refractivity contribution in [2.75, 3.05) is 6.54 Å². The summed E-state index contributed by atoms with van der Waals surface area (Å²) < 4.78 is 31.7. The van der Waals surface area contributed by atoms with E-state index in [1.54, 1.807) is 6.92 Å². The van der Waals surface area contributed by atoms with Gasteiger partial charge in [0.2, 0.25) is 0 Å². The van der Waals surface area contributed by atoms with Crippen molar-refractivity contribution in [1.29, 1.82) is 0 Å². The topological polar surface area (TPSA) is 148 Å². The fourth-order valence-corrected chi connectivity index (χ4v) is 3.30. The van der Waals surface area contributed by atoms with Crippen molar-refractivity contribution in [3.63, 3.8) is 0 Å². The Morgan fingerprint density at radius 3 is 2.40 bits per heavy atom. The third-order valence-corrected chi connectivity index (χ3v) is 4.74. The zero-order valence-electron chi connectivity index (χ0n) is 15.5. The highest BCUT2D eigenvalue weighted by molar-refractivity contribution is 7.11. The van der Waals surface area contributed by atoms with Crippen LogP contribution in [0.3, 0.4) is 0 Å². The summed E-state index contributed by atoms with van der Waals surface area (Å²) in [5, 5.41) is 20.2. The number of benzene rings is 1. The highest BCUT2D eigenvalue weighted by Crippen LogP contribution is 2.18. The Kier molecular flexibility index (Phi) is 7.34. The fourth-order valence-electron chi connectivity index (χ4n) is 2.37. The first-order valence-corrected chi connectivity index (χ1v) is 9.20. The lowest BCUT2D eigenvalue weighted by atomic mass is 10.2. The lowest BCUT2D eigenvalue weighted by Gasteiger charge is -2.03. The number of thiazole rings is 1. The van der Waals surface area contributed by atoms with Crippen LogP contribution in [0.5, 0.6) is 0 Å². The molecule has 0 fully saturated rings. The van der Waals surface area contributed by atoms with Gasteiger partial charge in [0.25, 0.3) is 0 Å². The first-order valence-electron chi connectivity index (χ1n) is 8.38. The second kappa shape index (κ2) is 9.54. The summed E-state index contributed by atoms with van der Waals surface area (Å²) in [6.45, 7) is 3.14. The number of hydrogen-bond acceptors (Lipinski definition) is 6. The lowest BCUT2D eigenvalue weighted by molar-refractivity contribution is -0.192. The van der Waals surface area contributed by atoms with E-state index in [-0.39, 0.29) is 11.4 Å². The molecule has 0 unspecified atom stereocenters.